The number of aryl methyl sites for hydroxylation is 1. The first-order valence-electron chi connectivity index (χ1n) is 6.73. The second-order valence-corrected chi connectivity index (χ2v) is 4.63. The molecule has 1 amide bonds. The lowest BCUT2D eigenvalue weighted by molar-refractivity contribution is -0.115. The molecule has 0 saturated heterocycles. The lowest BCUT2D eigenvalue weighted by atomic mass is 10.1. The topological polar surface area (TPSA) is 38.3 Å². The Balaban J connectivity index is 1.97. The van der Waals surface area contributed by atoms with Crippen LogP contribution < -0.4 is 10.1 Å². The van der Waals surface area contributed by atoms with Gasteiger partial charge in [0.2, 0.25) is 5.91 Å². The van der Waals surface area contributed by atoms with Gasteiger partial charge in [-0.25, -0.2) is 0 Å². The average molecular weight is 269 g/mol. The number of hydrogen-bond acceptors (Lipinski definition) is 2. The van der Waals surface area contributed by atoms with Gasteiger partial charge in [-0.15, -0.1) is 0 Å². The van der Waals surface area contributed by atoms with Crippen LogP contribution in [0.3, 0.4) is 0 Å². The minimum Gasteiger partial charge on any atom is -0.497 e. The summed E-state index contributed by atoms with van der Waals surface area (Å²) >= 11 is 0. The smallest absolute Gasteiger partial charge is 0.228 e. The van der Waals surface area contributed by atoms with Crippen LogP contribution in [0.5, 0.6) is 5.75 Å². The summed E-state index contributed by atoms with van der Waals surface area (Å²) in [5.41, 5.74) is 3.03. The van der Waals surface area contributed by atoms with Gasteiger partial charge in [0.1, 0.15) is 5.75 Å². The summed E-state index contributed by atoms with van der Waals surface area (Å²) in [7, 11) is 1.63. The van der Waals surface area contributed by atoms with Crippen LogP contribution in [-0.2, 0) is 17.6 Å². The third-order valence-electron chi connectivity index (χ3n) is 3.14. The van der Waals surface area contributed by atoms with E-state index in [-0.39, 0.29) is 5.91 Å². The van der Waals surface area contributed by atoms with E-state index < -0.39 is 0 Å². The van der Waals surface area contributed by atoms with Gasteiger partial charge in [0.25, 0.3) is 0 Å². The van der Waals surface area contributed by atoms with E-state index >= 15 is 0 Å². The second kappa shape index (κ2) is 6.75. The number of anilines is 1. The van der Waals surface area contributed by atoms with Crippen molar-refractivity contribution in [2.45, 2.75) is 19.8 Å². The molecule has 2 rings (SSSR count). The van der Waals surface area contributed by atoms with Crippen molar-refractivity contribution in [3.05, 3.63) is 59.7 Å². The molecule has 104 valence electrons. The van der Waals surface area contributed by atoms with Crippen molar-refractivity contribution in [3.63, 3.8) is 0 Å². The molecule has 1 N–H and O–H groups in total. The molecule has 0 fully saturated rings. The van der Waals surface area contributed by atoms with Gasteiger partial charge in [0, 0.05) is 5.69 Å². The van der Waals surface area contributed by atoms with Crippen molar-refractivity contribution in [1.29, 1.82) is 0 Å². The number of nitrogens with one attached hydrogen (secondary N) is 1. The van der Waals surface area contributed by atoms with Crippen LogP contribution in [-0.4, -0.2) is 13.0 Å². The fourth-order valence-corrected chi connectivity index (χ4v) is 2.00. The van der Waals surface area contributed by atoms with Gasteiger partial charge >= 0.3 is 0 Å². The minimum absolute atomic E-state index is 0.0107. The molecule has 0 unspecified atom stereocenters. The molecule has 0 aromatic heterocycles. The van der Waals surface area contributed by atoms with Gasteiger partial charge in [-0.3, -0.25) is 4.79 Å². The first-order valence-corrected chi connectivity index (χ1v) is 6.73. The maximum atomic E-state index is 12.0. The van der Waals surface area contributed by atoms with Gasteiger partial charge in [-0.2, -0.15) is 0 Å². The molecular formula is C17H19NO2. The number of carbonyl (C=O) groups excluding carboxylic acids is 1. The summed E-state index contributed by atoms with van der Waals surface area (Å²) < 4.78 is 5.09. The maximum absolute atomic E-state index is 12.0. The Kier molecular flexibility index (Phi) is 4.77. The van der Waals surface area contributed by atoms with Gasteiger partial charge in [0.05, 0.1) is 13.5 Å². The van der Waals surface area contributed by atoms with Crippen molar-refractivity contribution in [3.8, 4) is 5.75 Å². The normalized spacial score (nSPS) is 10.1. The summed E-state index contributed by atoms with van der Waals surface area (Å²) in [6.45, 7) is 2.10. The quantitative estimate of drug-likeness (QED) is 0.903. The SMILES string of the molecule is CCc1cccc(NC(=O)Cc2ccc(OC)cc2)c1. The van der Waals surface area contributed by atoms with Crippen LogP contribution in [0, 0.1) is 0 Å². The molecule has 3 heteroatoms. The number of rotatable bonds is 5. The molecule has 0 aliphatic rings. The van der Waals surface area contributed by atoms with E-state index in [1.165, 1.54) is 5.56 Å². The Morgan fingerprint density at radius 3 is 2.50 bits per heavy atom. The zero-order chi connectivity index (χ0) is 14.4. The zero-order valence-corrected chi connectivity index (χ0v) is 11.8. The monoisotopic (exact) mass is 269 g/mol. The summed E-state index contributed by atoms with van der Waals surface area (Å²) in [5.74, 6) is 0.785. The first kappa shape index (κ1) is 14.1. The Labute approximate surface area is 119 Å². The number of methoxy groups -OCH3 is 1. The molecule has 0 aliphatic heterocycles. The predicted molar refractivity (Wildman–Crippen MR) is 81.1 cm³/mol. The molecule has 20 heavy (non-hydrogen) atoms. The van der Waals surface area contributed by atoms with E-state index in [0.29, 0.717) is 6.42 Å². The predicted octanol–water partition coefficient (Wildman–Crippen LogP) is 3.44. The molecule has 2 aromatic carbocycles. The summed E-state index contributed by atoms with van der Waals surface area (Å²) in [4.78, 5) is 12.0. The summed E-state index contributed by atoms with van der Waals surface area (Å²) in [6.07, 6.45) is 1.32. The first-order chi connectivity index (χ1) is 9.71. The molecule has 3 nitrogen and oxygen atoms in total. The summed E-state index contributed by atoms with van der Waals surface area (Å²) in [6, 6.07) is 15.5. The average Bonchev–Trinajstić information content (AvgIpc) is 2.48. The van der Waals surface area contributed by atoms with E-state index in [2.05, 4.69) is 18.3 Å². The highest BCUT2D eigenvalue weighted by atomic mass is 16.5. The van der Waals surface area contributed by atoms with Crippen molar-refractivity contribution < 1.29 is 9.53 Å². The largest absolute Gasteiger partial charge is 0.497 e. The Bertz CT molecular complexity index is 576. The molecule has 0 aliphatic carbocycles. The summed E-state index contributed by atoms with van der Waals surface area (Å²) in [5, 5.41) is 2.92. The highest BCUT2D eigenvalue weighted by Crippen LogP contribution is 2.14. The van der Waals surface area contributed by atoms with E-state index in [1.54, 1.807) is 7.11 Å². The molecule has 0 heterocycles. The van der Waals surface area contributed by atoms with E-state index in [0.717, 1.165) is 23.4 Å². The van der Waals surface area contributed by atoms with Crippen LogP contribution in [0.1, 0.15) is 18.1 Å². The molecule has 0 saturated carbocycles. The third kappa shape index (κ3) is 3.85. The van der Waals surface area contributed by atoms with Crippen molar-refractivity contribution in [1.82, 2.24) is 0 Å². The van der Waals surface area contributed by atoms with Crippen molar-refractivity contribution >= 4 is 11.6 Å². The van der Waals surface area contributed by atoms with E-state index in [1.807, 2.05) is 42.5 Å². The molecular weight excluding hydrogens is 250 g/mol. The molecule has 0 atom stereocenters. The third-order valence-corrected chi connectivity index (χ3v) is 3.14. The highest BCUT2D eigenvalue weighted by Gasteiger charge is 2.04. The number of amides is 1. The van der Waals surface area contributed by atoms with Gasteiger partial charge in [-0.05, 0) is 41.8 Å². The lowest BCUT2D eigenvalue weighted by Crippen LogP contribution is -2.14. The van der Waals surface area contributed by atoms with Crippen LogP contribution in [0.4, 0.5) is 5.69 Å². The zero-order valence-electron chi connectivity index (χ0n) is 11.8. The number of ether oxygens (including phenoxy) is 1. The molecule has 0 spiro atoms. The number of carbonyl (C=O) groups is 1. The Morgan fingerprint density at radius 2 is 1.85 bits per heavy atom. The van der Waals surface area contributed by atoms with Gasteiger partial charge in [0.15, 0.2) is 0 Å². The van der Waals surface area contributed by atoms with Crippen LogP contribution in [0.2, 0.25) is 0 Å². The molecule has 2 aromatic rings. The maximum Gasteiger partial charge on any atom is 0.228 e. The molecule has 0 radical (unpaired) electrons. The Morgan fingerprint density at radius 1 is 1.10 bits per heavy atom. The fourth-order valence-electron chi connectivity index (χ4n) is 2.00. The highest BCUT2D eigenvalue weighted by molar-refractivity contribution is 5.92. The van der Waals surface area contributed by atoms with Crippen LogP contribution in [0.15, 0.2) is 48.5 Å². The van der Waals surface area contributed by atoms with Crippen molar-refractivity contribution in [2.75, 3.05) is 12.4 Å². The van der Waals surface area contributed by atoms with E-state index in [9.17, 15) is 4.79 Å². The Hall–Kier alpha value is -2.29. The second-order valence-electron chi connectivity index (χ2n) is 4.63. The lowest BCUT2D eigenvalue weighted by Gasteiger charge is -2.07. The van der Waals surface area contributed by atoms with E-state index in [4.69, 9.17) is 4.74 Å². The van der Waals surface area contributed by atoms with Crippen LogP contribution >= 0.6 is 0 Å². The number of hydrogen-bond donors (Lipinski definition) is 1. The standard InChI is InChI=1S/C17H19NO2/c1-3-13-5-4-6-15(11-13)18-17(19)12-14-7-9-16(20-2)10-8-14/h4-11H,3,12H2,1-2H3,(H,18,19). The van der Waals surface area contributed by atoms with Crippen LogP contribution in [0.25, 0.3) is 0 Å². The number of benzene rings is 2. The van der Waals surface area contributed by atoms with Gasteiger partial charge in [-0.1, -0.05) is 31.2 Å². The van der Waals surface area contributed by atoms with Crippen molar-refractivity contribution in [2.24, 2.45) is 0 Å². The minimum atomic E-state index is -0.0107. The van der Waals surface area contributed by atoms with Gasteiger partial charge < -0.3 is 10.1 Å². The molecule has 0 bridgehead atoms. The fraction of sp³-hybridized carbons (Fsp3) is 0.235.